The number of rotatable bonds is 1. The van der Waals surface area contributed by atoms with Gasteiger partial charge in [0.25, 0.3) is 0 Å². The summed E-state index contributed by atoms with van der Waals surface area (Å²) in [5.41, 5.74) is 7.76. The summed E-state index contributed by atoms with van der Waals surface area (Å²) in [5, 5.41) is 0. The van der Waals surface area contributed by atoms with E-state index < -0.39 is 0 Å². The van der Waals surface area contributed by atoms with Crippen LogP contribution in [0.3, 0.4) is 0 Å². The zero-order chi connectivity index (χ0) is 11.8. The molecule has 2 N–H and O–H groups in total. The Balaban J connectivity index is 2.14. The molecule has 0 aliphatic carbocycles. The van der Waals surface area contributed by atoms with Gasteiger partial charge in [0.1, 0.15) is 0 Å². The zero-order valence-corrected chi connectivity index (χ0v) is 11.5. The Morgan fingerprint density at radius 3 is 2.81 bits per heavy atom. The van der Waals surface area contributed by atoms with Gasteiger partial charge in [0.05, 0.1) is 0 Å². The number of hydrogen-bond donors (Lipinski definition) is 1. The summed E-state index contributed by atoms with van der Waals surface area (Å²) in [6.07, 6.45) is 1.15. The minimum absolute atomic E-state index is 0.250. The third kappa shape index (κ3) is 2.41. The minimum Gasteiger partial charge on any atom is -0.370 e. The molecule has 0 bridgehead atoms. The van der Waals surface area contributed by atoms with Crippen molar-refractivity contribution < 1.29 is 0 Å². The SMILES string of the molecule is CC1(C)CCN(c2cccc(Br)c2)CC1N. The second kappa shape index (κ2) is 4.38. The Hall–Kier alpha value is -0.540. The van der Waals surface area contributed by atoms with E-state index in [0.717, 1.165) is 24.0 Å². The molecule has 1 atom stereocenters. The molecule has 0 aromatic heterocycles. The first-order chi connectivity index (χ1) is 7.49. The normalized spacial score (nSPS) is 24.5. The maximum atomic E-state index is 6.22. The number of anilines is 1. The second-order valence-electron chi connectivity index (χ2n) is 5.27. The van der Waals surface area contributed by atoms with E-state index in [1.165, 1.54) is 5.69 Å². The molecule has 0 spiro atoms. The lowest BCUT2D eigenvalue weighted by atomic mass is 9.78. The van der Waals surface area contributed by atoms with Crippen molar-refractivity contribution in [2.75, 3.05) is 18.0 Å². The lowest BCUT2D eigenvalue weighted by molar-refractivity contribution is 0.235. The molecule has 0 saturated carbocycles. The summed E-state index contributed by atoms with van der Waals surface area (Å²) in [6.45, 7) is 6.56. The summed E-state index contributed by atoms with van der Waals surface area (Å²) in [4.78, 5) is 2.38. The molecule has 0 radical (unpaired) electrons. The molecule has 1 aromatic carbocycles. The molecule has 16 heavy (non-hydrogen) atoms. The highest BCUT2D eigenvalue weighted by Gasteiger charge is 2.32. The van der Waals surface area contributed by atoms with Crippen molar-refractivity contribution in [3.05, 3.63) is 28.7 Å². The van der Waals surface area contributed by atoms with Crippen molar-refractivity contribution >= 4 is 21.6 Å². The lowest BCUT2D eigenvalue weighted by Gasteiger charge is -2.43. The number of piperidine rings is 1. The Morgan fingerprint density at radius 2 is 2.19 bits per heavy atom. The van der Waals surface area contributed by atoms with Crippen LogP contribution in [0, 0.1) is 5.41 Å². The molecule has 1 unspecified atom stereocenters. The molecule has 2 nitrogen and oxygen atoms in total. The highest BCUT2D eigenvalue weighted by molar-refractivity contribution is 9.10. The van der Waals surface area contributed by atoms with Crippen LogP contribution in [0.1, 0.15) is 20.3 Å². The smallest absolute Gasteiger partial charge is 0.0378 e. The van der Waals surface area contributed by atoms with Crippen LogP contribution in [0.5, 0.6) is 0 Å². The van der Waals surface area contributed by atoms with Gasteiger partial charge in [-0.2, -0.15) is 0 Å². The van der Waals surface area contributed by atoms with Gasteiger partial charge in [0.15, 0.2) is 0 Å². The first-order valence-electron chi connectivity index (χ1n) is 5.75. The monoisotopic (exact) mass is 282 g/mol. The predicted molar refractivity (Wildman–Crippen MR) is 72.7 cm³/mol. The quantitative estimate of drug-likeness (QED) is 0.858. The van der Waals surface area contributed by atoms with Crippen LogP contribution in [0.15, 0.2) is 28.7 Å². The number of hydrogen-bond acceptors (Lipinski definition) is 2. The second-order valence-corrected chi connectivity index (χ2v) is 6.19. The van der Waals surface area contributed by atoms with Gasteiger partial charge in [-0.25, -0.2) is 0 Å². The molecule has 1 aliphatic heterocycles. The van der Waals surface area contributed by atoms with E-state index in [4.69, 9.17) is 5.73 Å². The van der Waals surface area contributed by atoms with Crippen LogP contribution in [-0.2, 0) is 0 Å². The van der Waals surface area contributed by atoms with Crippen molar-refractivity contribution in [1.29, 1.82) is 0 Å². The third-order valence-electron chi connectivity index (χ3n) is 3.62. The van der Waals surface area contributed by atoms with E-state index in [9.17, 15) is 0 Å². The lowest BCUT2D eigenvalue weighted by Crippen LogP contribution is -2.52. The number of halogens is 1. The fourth-order valence-corrected chi connectivity index (χ4v) is 2.48. The van der Waals surface area contributed by atoms with Crippen molar-refractivity contribution in [3.63, 3.8) is 0 Å². The Kier molecular flexibility index (Phi) is 3.27. The van der Waals surface area contributed by atoms with Gasteiger partial charge in [-0.15, -0.1) is 0 Å². The molecule has 2 rings (SSSR count). The molecule has 3 heteroatoms. The summed E-state index contributed by atoms with van der Waals surface area (Å²) in [6, 6.07) is 8.68. The van der Waals surface area contributed by atoms with Crippen molar-refractivity contribution in [2.45, 2.75) is 26.3 Å². The first-order valence-corrected chi connectivity index (χ1v) is 6.54. The van der Waals surface area contributed by atoms with Gasteiger partial charge in [-0.3, -0.25) is 0 Å². The Morgan fingerprint density at radius 1 is 1.44 bits per heavy atom. The van der Waals surface area contributed by atoms with E-state index in [-0.39, 0.29) is 11.5 Å². The summed E-state index contributed by atoms with van der Waals surface area (Å²) >= 11 is 3.51. The fourth-order valence-electron chi connectivity index (χ4n) is 2.09. The average molecular weight is 283 g/mol. The van der Waals surface area contributed by atoms with Crippen LogP contribution in [-0.4, -0.2) is 19.1 Å². The number of nitrogens with zero attached hydrogens (tertiary/aromatic N) is 1. The topological polar surface area (TPSA) is 29.3 Å². The molecule has 1 fully saturated rings. The largest absolute Gasteiger partial charge is 0.370 e. The van der Waals surface area contributed by atoms with Crippen LogP contribution in [0.2, 0.25) is 0 Å². The molecular formula is C13H19BrN2. The van der Waals surface area contributed by atoms with Crippen molar-refractivity contribution in [2.24, 2.45) is 11.1 Å². The number of nitrogens with two attached hydrogens (primary N) is 1. The fraction of sp³-hybridized carbons (Fsp3) is 0.538. The van der Waals surface area contributed by atoms with E-state index in [1.807, 2.05) is 0 Å². The summed E-state index contributed by atoms with van der Waals surface area (Å²) < 4.78 is 1.13. The van der Waals surface area contributed by atoms with Gasteiger partial charge < -0.3 is 10.6 Å². The van der Waals surface area contributed by atoms with Gasteiger partial charge in [-0.1, -0.05) is 35.8 Å². The third-order valence-corrected chi connectivity index (χ3v) is 4.11. The van der Waals surface area contributed by atoms with E-state index in [1.54, 1.807) is 0 Å². The van der Waals surface area contributed by atoms with Gasteiger partial charge >= 0.3 is 0 Å². The van der Waals surface area contributed by atoms with E-state index >= 15 is 0 Å². The van der Waals surface area contributed by atoms with Crippen LogP contribution in [0.4, 0.5) is 5.69 Å². The summed E-state index contributed by atoms with van der Waals surface area (Å²) in [7, 11) is 0. The first kappa shape index (κ1) is 11.9. The predicted octanol–water partition coefficient (Wildman–Crippen LogP) is 3.01. The summed E-state index contributed by atoms with van der Waals surface area (Å²) in [5.74, 6) is 0. The maximum absolute atomic E-state index is 6.22. The molecule has 88 valence electrons. The molecule has 1 aliphatic rings. The minimum atomic E-state index is 0.250. The maximum Gasteiger partial charge on any atom is 0.0378 e. The van der Waals surface area contributed by atoms with Crippen LogP contribution in [0.25, 0.3) is 0 Å². The highest BCUT2D eigenvalue weighted by Crippen LogP contribution is 2.32. The van der Waals surface area contributed by atoms with Crippen molar-refractivity contribution in [1.82, 2.24) is 0 Å². The molecule has 0 amide bonds. The Labute approximate surface area is 106 Å². The molecule has 1 heterocycles. The van der Waals surface area contributed by atoms with Gasteiger partial charge in [-0.05, 0) is 30.0 Å². The Bertz CT molecular complexity index is 376. The number of benzene rings is 1. The highest BCUT2D eigenvalue weighted by atomic mass is 79.9. The van der Waals surface area contributed by atoms with E-state index in [2.05, 4.69) is 58.9 Å². The zero-order valence-electron chi connectivity index (χ0n) is 9.91. The van der Waals surface area contributed by atoms with Gasteiger partial charge in [0, 0.05) is 29.3 Å². The van der Waals surface area contributed by atoms with Crippen LogP contribution >= 0.6 is 15.9 Å². The average Bonchev–Trinajstić information content (AvgIpc) is 2.22. The molecule has 1 aromatic rings. The standard InChI is InChI=1S/C13H19BrN2/c1-13(2)6-7-16(9-12(13)15)11-5-3-4-10(14)8-11/h3-5,8,12H,6-7,9,15H2,1-2H3. The molecular weight excluding hydrogens is 264 g/mol. The van der Waals surface area contributed by atoms with Gasteiger partial charge in [0.2, 0.25) is 0 Å². The van der Waals surface area contributed by atoms with Crippen LogP contribution < -0.4 is 10.6 Å². The van der Waals surface area contributed by atoms with E-state index in [0.29, 0.717) is 0 Å². The van der Waals surface area contributed by atoms with Crippen molar-refractivity contribution in [3.8, 4) is 0 Å². The molecule has 1 saturated heterocycles.